The Kier molecular flexibility index (Phi) is 4.07. The molecule has 0 radical (unpaired) electrons. The zero-order valence-electron chi connectivity index (χ0n) is 11.2. The van der Waals surface area contributed by atoms with E-state index in [2.05, 4.69) is 0 Å². The summed E-state index contributed by atoms with van der Waals surface area (Å²) in [5.74, 6) is -3.41. The summed E-state index contributed by atoms with van der Waals surface area (Å²) >= 11 is 0. The summed E-state index contributed by atoms with van der Waals surface area (Å²) < 4.78 is 4.89. The third-order valence-electron chi connectivity index (χ3n) is 2.46. The first-order valence-electron chi connectivity index (χ1n) is 5.64. The number of hydrogen-bond donors (Lipinski definition) is 3. The monoisotopic (exact) mass is 285 g/mol. The Morgan fingerprint density at radius 1 is 1.30 bits per heavy atom. The molecule has 20 heavy (non-hydrogen) atoms. The van der Waals surface area contributed by atoms with E-state index in [4.69, 9.17) is 4.74 Å². The van der Waals surface area contributed by atoms with Gasteiger partial charge in [-0.15, -0.1) is 0 Å². The minimum Gasteiger partial charge on any atom is -0.504 e. The van der Waals surface area contributed by atoms with E-state index in [1.165, 1.54) is 0 Å². The first-order chi connectivity index (χ1) is 9.05. The number of nitro groups is 1. The number of nitrogens with zero attached hydrogens (tertiary/aromatic N) is 1. The largest absolute Gasteiger partial charge is 0.504 e. The molecule has 1 aromatic carbocycles. The molecule has 0 fully saturated rings. The average Bonchev–Trinajstić information content (AvgIpc) is 2.31. The third-order valence-corrected chi connectivity index (χ3v) is 2.46. The molecule has 0 spiro atoms. The van der Waals surface area contributed by atoms with Gasteiger partial charge in [0.2, 0.25) is 11.5 Å². The lowest BCUT2D eigenvalue weighted by molar-refractivity contribution is -0.387. The van der Waals surface area contributed by atoms with Gasteiger partial charge in [-0.3, -0.25) is 14.9 Å². The van der Waals surface area contributed by atoms with Crippen molar-refractivity contribution in [1.29, 1.82) is 0 Å². The number of benzene rings is 1. The van der Waals surface area contributed by atoms with Crippen LogP contribution in [0.5, 0.6) is 17.2 Å². The Labute approximate surface area is 114 Å². The van der Waals surface area contributed by atoms with E-state index in [9.17, 15) is 30.2 Å². The van der Waals surface area contributed by atoms with Gasteiger partial charge >= 0.3 is 11.7 Å². The second kappa shape index (κ2) is 5.24. The number of ether oxygens (including phenoxy) is 1. The first-order valence-corrected chi connectivity index (χ1v) is 5.64. The molecule has 0 saturated heterocycles. The molecular formula is C12H15NO7. The van der Waals surface area contributed by atoms with E-state index in [-0.39, 0.29) is 5.56 Å². The molecule has 0 unspecified atom stereocenters. The van der Waals surface area contributed by atoms with Crippen LogP contribution in [0.25, 0.3) is 0 Å². The predicted octanol–water partition coefficient (Wildman–Crippen LogP) is 1.80. The Morgan fingerprint density at radius 2 is 1.85 bits per heavy atom. The molecule has 0 atom stereocenters. The number of phenolic OH excluding ortho intramolecular Hbond substituents is 3. The van der Waals surface area contributed by atoms with Gasteiger partial charge in [-0.1, -0.05) is 0 Å². The number of esters is 1. The van der Waals surface area contributed by atoms with Gasteiger partial charge in [-0.05, 0) is 26.8 Å². The number of aromatic hydroxyl groups is 3. The summed E-state index contributed by atoms with van der Waals surface area (Å²) in [6.45, 7) is 4.31. The number of carbonyl (C=O) groups excluding carboxylic acids is 1. The Bertz CT molecular complexity index is 560. The van der Waals surface area contributed by atoms with Crippen LogP contribution in [0.2, 0.25) is 0 Å². The quantitative estimate of drug-likeness (QED) is 0.334. The van der Waals surface area contributed by atoms with Crippen LogP contribution in [0.15, 0.2) is 6.07 Å². The number of rotatable bonds is 3. The molecule has 8 nitrogen and oxygen atoms in total. The third kappa shape index (κ3) is 3.08. The molecule has 8 heteroatoms. The molecule has 0 bridgehead atoms. The molecule has 0 saturated carbocycles. The van der Waals surface area contributed by atoms with E-state index < -0.39 is 45.9 Å². The molecular weight excluding hydrogens is 270 g/mol. The van der Waals surface area contributed by atoms with Crippen LogP contribution in [0.3, 0.4) is 0 Å². The molecule has 0 aromatic heterocycles. The fourth-order valence-electron chi connectivity index (χ4n) is 1.36. The summed E-state index contributed by atoms with van der Waals surface area (Å²) in [5, 5.41) is 38.9. The summed E-state index contributed by atoms with van der Waals surface area (Å²) in [6, 6.07) is 0.864. The number of nitro benzene ring substituents is 1. The maximum absolute atomic E-state index is 11.6. The maximum Gasteiger partial charge on any atom is 0.321 e. The Balaban J connectivity index is 3.13. The van der Waals surface area contributed by atoms with E-state index in [0.717, 1.165) is 6.07 Å². The lowest BCUT2D eigenvalue weighted by Gasteiger charge is -2.16. The van der Waals surface area contributed by atoms with Crippen LogP contribution in [0, 0.1) is 15.5 Å². The fraction of sp³-hybridized carbons (Fsp3) is 0.417. The van der Waals surface area contributed by atoms with E-state index in [1.807, 2.05) is 0 Å². The lowest BCUT2D eigenvalue weighted by atomic mass is 9.97. The zero-order chi connectivity index (χ0) is 15.7. The van der Waals surface area contributed by atoms with Crippen molar-refractivity contribution in [1.82, 2.24) is 0 Å². The smallest absolute Gasteiger partial charge is 0.321 e. The highest BCUT2D eigenvalue weighted by Gasteiger charge is 2.28. The summed E-state index contributed by atoms with van der Waals surface area (Å²) in [4.78, 5) is 21.5. The highest BCUT2D eigenvalue weighted by molar-refractivity contribution is 5.75. The molecule has 1 aromatic rings. The van der Waals surface area contributed by atoms with Gasteiger partial charge in [0, 0.05) is 0 Å². The Morgan fingerprint density at radius 3 is 2.30 bits per heavy atom. The molecule has 1 rings (SSSR count). The van der Waals surface area contributed by atoms with Crippen molar-refractivity contribution in [2.24, 2.45) is 5.41 Å². The van der Waals surface area contributed by atoms with Crippen molar-refractivity contribution < 1.29 is 29.8 Å². The van der Waals surface area contributed by atoms with Gasteiger partial charge in [0.1, 0.15) is 6.61 Å². The first kappa shape index (κ1) is 15.5. The van der Waals surface area contributed by atoms with Crippen LogP contribution < -0.4 is 0 Å². The molecule has 0 aliphatic heterocycles. The van der Waals surface area contributed by atoms with Crippen LogP contribution in [-0.4, -0.2) is 26.2 Å². The summed E-state index contributed by atoms with van der Waals surface area (Å²) in [5.41, 5.74) is -1.84. The van der Waals surface area contributed by atoms with Crippen molar-refractivity contribution in [2.75, 3.05) is 0 Å². The second-order valence-corrected chi connectivity index (χ2v) is 5.18. The minimum atomic E-state index is -1.07. The summed E-state index contributed by atoms with van der Waals surface area (Å²) in [6.07, 6.45) is 0. The van der Waals surface area contributed by atoms with Gasteiger partial charge in [0.05, 0.1) is 15.9 Å². The normalized spacial score (nSPS) is 11.2. The van der Waals surface area contributed by atoms with Crippen molar-refractivity contribution in [3.63, 3.8) is 0 Å². The SMILES string of the molecule is CC(C)(C)C(=O)OCc1cc(O)c(O)c(O)c1[N+](=O)[O-]. The lowest BCUT2D eigenvalue weighted by Crippen LogP contribution is -2.22. The highest BCUT2D eigenvalue weighted by Crippen LogP contribution is 2.44. The number of phenols is 3. The van der Waals surface area contributed by atoms with Crippen molar-refractivity contribution in [2.45, 2.75) is 27.4 Å². The summed E-state index contributed by atoms with van der Waals surface area (Å²) in [7, 11) is 0. The van der Waals surface area contributed by atoms with Crippen LogP contribution in [-0.2, 0) is 16.1 Å². The van der Waals surface area contributed by atoms with E-state index >= 15 is 0 Å². The van der Waals surface area contributed by atoms with Crippen LogP contribution in [0.1, 0.15) is 26.3 Å². The maximum atomic E-state index is 11.6. The minimum absolute atomic E-state index is 0.222. The van der Waals surface area contributed by atoms with Gasteiger partial charge in [-0.25, -0.2) is 0 Å². The second-order valence-electron chi connectivity index (χ2n) is 5.18. The van der Waals surface area contributed by atoms with Crippen molar-refractivity contribution >= 4 is 11.7 Å². The zero-order valence-corrected chi connectivity index (χ0v) is 11.2. The molecule has 0 heterocycles. The van der Waals surface area contributed by atoms with Gasteiger partial charge < -0.3 is 20.1 Å². The van der Waals surface area contributed by atoms with E-state index in [0.29, 0.717) is 0 Å². The number of hydrogen-bond acceptors (Lipinski definition) is 7. The van der Waals surface area contributed by atoms with E-state index in [1.54, 1.807) is 20.8 Å². The fourth-order valence-corrected chi connectivity index (χ4v) is 1.36. The number of carbonyl (C=O) groups is 1. The van der Waals surface area contributed by atoms with Gasteiger partial charge in [0.25, 0.3) is 0 Å². The molecule has 0 aliphatic rings. The van der Waals surface area contributed by atoms with Gasteiger partial charge in [-0.2, -0.15) is 0 Å². The molecule has 0 amide bonds. The average molecular weight is 285 g/mol. The molecule has 3 N–H and O–H groups in total. The topological polar surface area (TPSA) is 130 Å². The van der Waals surface area contributed by atoms with Crippen molar-refractivity contribution in [3.8, 4) is 17.2 Å². The molecule has 0 aliphatic carbocycles. The Hall–Kier alpha value is -2.51. The van der Waals surface area contributed by atoms with Crippen LogP contribution >= 0.6 is 0 Å². The molecule has 110 valence electrons. The van der Waals surface area contributed by atoms with Crippen molar-refractivity contribution in [3.05, 3.63) is 21.7 Å². The highest BCUT2D eigenvalue weighted by atomic mass is 16.6. The van der Waals surface area contributed by atoms with Gasteiger partial charge in [0.15, 0.2) is 5.75 Å². The predicted molar refractivity (Wildman–Crippen MR) is 67.3 cm³/mol. The van der Waals surface area contributed by atoms with Crippen LogP contribution in [0.4, 0.5) is 5.69 Å². The standard InChI is InChI=1S/C12H15NO7/c1-12(2,3)11(17)20-5-6-4-7(14)9(15)10(16)8(6)13(18)19/h4,14-16H,5H2,1-3H3.